The lowest BCUT2D eigenvalue weighted by Crippen LogP contribution is -2.43. The van der Waals surface area contributed by atoms with E-state index in [-0.39, 0.29) is 13.2 Å². The molecule has 0 aliphatic rings. The summed E-state index contributed by atoms with van der Waals surface area (Å²) in [7, 11) is -3.64. The van der Waals surface area contributed by atoms with Crippen LogP contribution in [0.25, 0.3) is 0 Å². The molecular weight excluding hydrogens is 323 g/mol. The van der Waals surface area contributed by atoms with E-state index in [9.17, 15) is 4.57 Å². The van der Waals surface area contributed by atoms with E-state index in [0.29, 0.717) is 0 Å². The van der Waals surface area contributed by atoms with Crippen molar-refractivity contribution in [2.45, 2.75) is 0 Å². The van der Waals surface area contributed by atoms with Crippen LogP contribution >= 0.6 is 7.60 Å². The van der Waals surface area contributed by atoms with Gasteiger partial charge in [0.2, 0.25) is 0 Å². The molecule has 0 aliphatic heterocycles. The van der Waals surface area contributed by atoms with Crippen LogP contribution in [-0.2, 0) is 9.30 Å². The van der Waals surface area contributed by atoms with E-state index in [1.807, 2.05) is 0 Å². The van der Waals surface area contributed by atoms with E-state index in [1.165, 1.54) is 0 Å². The Bertz CT molecular complexity index is 265. The molecule has 0 amide bonds. The highest BCUT2D eigenvalue weighted by atomic mass is 31.2. The third-order valence-corrected chi connectivity index (χ3v) is 2.83. The predicted molar refractivity (Wildman–Crippen MR) is 76.2 cm³/mol. The minimum atomic E-state index is -3.64. The van der Waals surface area contributed by atoms with E-state index in [1.54, 1.807) is 0 Å². The highest BCUT2D eigenvalue weighted by Crippen LogP contribution is 2.26. The average Bonchev–Trinajstić information content (AvgIpc) is 2.47. The Morgan fingerprint density at radius 3 is 1.05 bits per heavy atom. The minimum absolute atomic E-state index is 0.141. The zero-order valence-electron chi connectivity index (χ0n) is 12.5. The Kier molecular flexibility index (Phi) is 12.5. The smallest absolute Gasteiger partial charge is 0.322 e. The summed E-state index contributed by atoms with van der Waals surface area (Å²) in [5, 5.41) is 54.2. The van der Waals surface area contributed by atoms with Crippen LogP contribution < -0.4 is 0 Å². The van der Waals surface area contributed by atoms with Gasteiger partial charge in [-0.15, -0.1) is 0 Å². The first-order valence-electron chi connectivity index (χ1n) is 6.33. The van der Waals surface area contributed by atoms with Crippen molar-refractivity contribution < 1.29 is 49.7 Å². The van der Waals surface area contributed by atoms with Crippen LogP contribution in [0.3, 0.4) is 0 Å². The Hall–Kier alpha value is -0.130. The quantitative estimate of drug-likeness (QED) is 0.186. The number of aliphatic hydroxyl groups is 6. The third-order valence-electron chi connectivity index (χ3n) is 2.83. The van der Waals surface area contributed by atoms with E-state index in [4.69, 9.17) is 45.2 Å². The van der Waals surface area contributed by atoms with Gasteiger partial charge >= 0.3 is 7.60 Å². The van der Waals surface area contributed by atoms with Gasteiger partial charge in [0.25, 0.3) is 0 Å². The zero-order valence-corrected chi connectivity index (χ0v) is 13.4. The van der Waals surface area contributed by atoms with Crippen molar-refractivity contribution in [3.63, 3.8) is 0 Å². The molecule has 10 nitrogen and oxygen atoms in total. The molecule has 0 saturated heterocycles. The normalized spacial score (nSPS) is 12.8. The van der Waals surface area contributed by atoms with Gasteiger partial charge in [-0.05, 0) is 0 Å². The number of rotatable bonds is 10. The average molecular weight is 350 g/mol. The summed E-state index contributed by atoms with van der Waals surface area (Å²) in [5.74, 6) is 0. The summed E-state index contributed by atoms with van der Waals surface area (Å²) < 4.78 is 14.5. The minimum Gasteiger partial charge on any atom is -0.396 e. The van der Waals surface area contributed by atoms with E-state index < -0.39 is 58.1 Å². The van der Waals surface area contributed by atoms with Crippen molar-refractivity contribution in [3.8, 4) is 0 Å². The fourth-order valence-electron chi connectivity index (χ4n) is 1.06. The third kappa shape index (κ3) is 10.6. The first-order valence-corrected chi connectivity index (χ1v) is 8.39. The summed E-state index contributed by atoms with van der Waals surface area (Å²) in [6, 6.07) is 0. The lowest BCUT2D eigenvalue weighted by Gasteiger charge is -2.31. The van der Waals surface area contributed by atoms with Gasteiger partial charge in [0, 0.05) is 6.66 Å². The maximum Gasteiger partial charge on any atom is 0.322 e. The van der Waals surface area contributed by atoms with Gasteiger partial charge in [-0.1, -0.05) is 0 Å². The van der Waals surface area contributed by atoms with Gasteiger partial charge in [0.15, 0.2) is 0 Å². The van der Waals surface area contributed by atoms with Crippen molar-refractivity contribution in [2.75, 3.05) is 59.5 Å². The molecule has 22 heavy (non-hydrogen) atoms. The van der Waals surface area contributed by atoms with E-state index >= 15 is 0 Å². The monoisotopic (exact) mass is 350 g/mol. The Morgan fingerprint density at radius 1 is 0.727 bits per heavy atom. The Labute approximate surface area is 128 Å². The molecule has 0 spiro atoms. The molecule has 8 N–H and O–H groups in total. The van der Waals surface area contributed by atoms with Crippen LogP contribution in [0.1, 0.15) is 0 Å². The molecule has 0 aromatic carbocycles. The second kappa shape index (κ2) is 11.4. The van der Waals surface area contributed by atoms with Gasteiger partial charge in [-0.2, -0.15) is 0 Å². The summed E-state index contributed by atoms with van der Waals surface area (Å²) in [5.41, 5.74) is -2.32. The number of hydrogen-bond donors (Lipinski definition) is 8. The van der Waals surface area contributed by atoms with Crippen LogP contribution in [0.15, 0.2) is 0 Å². The molecule has 11 heteroatoms. The van der Waals surface area contributed by atoms with Crippen LogP contribution in [0.2, 0.25) is 0 Å². The van der Waals surface area contributed by atoms with E-state index in [0.717, 1.165) is 6.66 Å². The highest BCUT2D eigenvalue weighted by molar-refractivity contribution is 7.50. The van der Waals surface area contributed by atoms with Gasteiger partial charge < -0.3 is 45.2 Å². The van der Waals surface area contributed by atoms with Gasteiger partial charge in [0.1, 0.15) is 0 Å². The van der Waals surface area contributed by atoms with Gasteiger partial charge in [0.05, 0.1) is 63.7 Å². The second-order valence-corrected chi connectivity index (χ2v) is 6.95. The summed E-state index contributed by atoms with van der Waals surface area (Å²) in [6.07, 6.45) is 0. The van der Waals surface area contributed by atoms with Crippen molar-refractivity contribution in [2.24, 2.45) is 10.8 Å². The second-order valence-electron chi connectivity index (χ2n) is 5.28. The van der Waals surface area contributed by atoms with E-state index in [2.05, 4.69) is 0 Å². The molecule has 0 fully saturated rings. The van der Waals surface area contributed by atoms with Crippen molar-refractivity contribution >= 4 is 7.60 Å². The number of aliphatic hydroxyl groups excluding tert-OH is 6. The van der Waals surface area contributed by atoms with Crippen molar-refractivity contribution in [1.29, 1.82) is 0 Å². The van der Waals surface area contributed by atoms with Crippen LogP contribution in [-0.4, -0.2) is 99.9 Å². The largest absolute Gasteiger partial charge is 0.396 e. The van der Waals surface area contributed by atoms with Gasteiger partial charge in [-0.3, -0.25) is 4.57 Å². The summed E-state index contributed by atoms with van der Waals surface area (Å²) >= 11 is 0. The number of hydrogen-bond acceptors (Lipinski definition) is 8. The molecule has 0 saturated carbocycles. The molecule has 0 aliphatic carbocycles. The molecular formula is C11H27O10P. The van der Waals surface area contributed by atoms with Crippen LogP contribution in [0.4, 0.5) is 0 Å². The SMILES string of the molecule is CP(=O)(O)O.OCC(CO)(CO)COCC(CO)(CO)CO. The molecule has 0 rings (SSSR count). The van der Waals surface area contributed by atoms with Crippen LogP contribution in [0.5, 0.6) is 0 Å². The molecule has 0 heterocycles. The Balaban J connectivity index is 0. The summed E-state index contributed by atoms with van der Waals surface area (Å²) in [4.78, 5) is 15.3. The molecule has 0 aromatic rings. The maximum atomic E-state index is 9.33. The predicted octanol–water partition coefficient (Wildman–Crippen LogP) is -3.28. The standard InChI is InChI=1S/C10H22O7.CH5O3P/c11-1-9(2-12,3-13)7-17-8-10(4-14,5-15)6-16;1-5(2,3)4/h11-16H,1-8H2;1H3,(H2,2,3,4). The molecule has 0 aromatic heterocycles. The van der Waals surface area contributed by atoms with Gasteiger partial charge in [-0.25, -0.2) is 0 Å². The fourth-order valence-corrected chi connectivity index (χ4v) is 1.06. The molecule has 0 atom stereocenters. The first kappa shape index (κ1) is 24.1. The van der Waals surface area contributed by atoms with Crippen molar-refractivity contribution in [3.05, 3.63) is 0 Å². The maximum absolute atomic E-state index is 9.33. The molecule has 0 bridgehead atoms. The van der Waals surface area contributed by atoms with Crippen molar-refractivity contribution in [1.82, 2.24) is 0 Å². The fraction of sp³-hybridized carbons (Fsp3) is 1.00. The number of ether oxygens (including phenoxy) is 1. The molecule has 0 unspecified atom stereocenters. The first-order chi connectivity index (χ1) is 10.1. The Morgan fingerprint density at radius 2 is 0.909 bits per heavy atom. The molecule has 136 valence electrons. The zero-order chi connectivity index (χ0) is 17.9. The highest BCUT2D eigenvalue weighted by Gasteiger charge is 2.32. The molecule has 0 radical (unpaired) electrons. The summed E-state index contributed by atoms with van der Waals surface area (Å²) in [6.45, 7) is -2.15. The lowest BCUT2D eigenvalue weighted by atomic mass is 9.91. The lowest BCUT2D eigenvalue weighted by molar-refractivity contribution is -0.103. The topological polar surface area (TPSA) is 188 Å². The van der Waals surface area contributed by atoms with Crippen LogP contribution in [0, 0.1) is 10.8 Å².